The van der Waals surface area contributed by atoms with Crippen molar-refractivity contribution in [1.82, 2.24) is 10.2 Å². The highest BCUT2D eigenvalue weighted by molar-refractivity contribution is 7.91. The molecule has 1 aliphatic heterocycles. The molecule has 0 aromatic heterocycles. The van der Waals surface area contributed by atoms with Crippen LogP contribution >= 0.6 is 0 Å². The number of halogens is 2. The molecule has 1 aliphatic rings. The van der Waals surface area contributed by atoms with Crippen LogP contribution in [-0.2, 0) is 16.3 Å². The highest BCUT2D eigenvalue weighted by Gasteiger charge is 2.26. The fraction of sp³-hybridized carbons (Fsp3) is 0.533. The van der Waals surface area contributed by atoms with Crippen LogP contribution < -0.4 is 5.32 Å². The molecular formula is C15H20F2N2O3S. The van der Waals surface area contributed by atoms with Gasteiger partial charge in [0.15, 0.2) is 9.84 Å². The lowest BCUT2D eigenvalue weighted by molar-refractivity contribution is 0.196. The topological polar surface area (TPSA) is 66.5 Å². The lowest BCUT2D eigenvalue weighted by atomic mass is 10.1. The van der Waals surface area contributed by atoms with Crippen LogP contribution in [0.2, 0.25) is 0 Å². The summed E-state index contributed by atoms with van der Waals surface area (Å²) in [5, 5.41) is 2.63. The Hall–Kier alpha value is -1.70. The third-order valence-electron chi connectivity index (χ3n) is 3.71. The molecule has 1 aromatic carbocycles. The number of rotatable bonds is 3. The Balaban J connectivity index is 1.88. The maximum Gasteiger partial charge on any atom is 0.317 e. The smallest absolute Gasteiger partial charge is 0.317 e. The number of amides is 2. The summed E-state index contributed by atoms with van der Waals surface area (Å²) in [6, 6.07) is 2.80. The minimum absolute atomic E-state index is 0.0523. The molecule has 0 saturated carbocycles. The molecule has 2 rings (SSSR count). The zero-order valence-corrected chi connectivity index (χ0v) is 13.7. The third-order valence-corrected chi connectivity index (χ3v) is 5.59. The number of hydrogen-bond acceptors (Lipinski definition) is 3. The molecule has 8 heteroatoms. The molecule has 1 saturated heterocycles. The molecule has 0 radical (unpaired) electrons. The Labute approximate surface area is 134 Å². The van der Waals surface area contributed by atoms with Gasteiger partial charge in [0.05, 0.1) is 11.5 Å². The average molecular weight is 346 g/mol. The van der Waals surface area contributed by atoms with Crippen LogP contribution in [-0.4, -0.2) is 50.5 Å². The number of hydrogen-bond donors (Lipinski definition) is 1. The van der Waals surface area contributed by atoms with Crippen molar-refractivity contribution < 1.29 is 22.0 Å². The first-order valence-corrected chi connectivity index (χ1v) is 9.26. The number of nitrogens with one attached hydrogen (secondary N) is 1. The van der Waals surface area contributed by atoms with Gasteiger partial charge in [-0.05, 0) is 36.1 Å². The summed E-state index contributed by atoms with van der Waals surface area (Å²) in [6.45, 7) is 2.44. The van der Waals surface area contributed by atoms with E-state index in [9.17, 15) is 22.0 Å². The van der Waals surface area contributed by atoms with Gasteiger partial charge in [-0.25, -0.2) is 22.0 Å². The largest absolute Gasteiger partial charge is 0.338 e. The number of nitrogens with zero attached hydrogens (tertiary/aromatic N) is 1. The summed E-state index contributed by atoms with van der Waals surface area (Å²) in [4.78, 5) is 13.6. The molecule has 1 heterocycles. The number of urea groups is 1. The standard InChI is InChI=1S/C15H20F2N2O3S/c1-11-9-19(6-7-23(21,22)10-11)15(20)18-5-4-12-8-13(16)2-3-14(12)17/h2-3,8,11H,4-7,9-10H2,1H3,(H,18,20)/t11-/m0/s1. The normalized spacial score (nSPS) is 20.8. The van der Waals surface area contributed by atoms with Crippen molar-refractivity contribution in [3.63, 3.8) is 0 Å². The molecule has 1 aromatic rings. The van der Waals surface area contributed by atoms with Crippen LogP contribution in [0.15, 0.2) is 18.2 Å². The van der Waals surface area contributed by atoms with E-state index in [1.807, 2.05) is 0 Å². The Morgan fingerprint density at radius 3 is 2.87 bits per heavy atom. The van der Waals surface area contributed by atoms with Gasteiger partial charge in [0.2, 0.25) is 0 Å². The maximum absolute atomic E-state index is 13.5. The van der Waals surface area contributed by atoms with Crippen LogP contribution in [0, 0.1) is 17.6 Å². The third kappa shape index (κ3) is 5.16. The van der Waals surface area contributed by atoms with Gasteiger partial charge in [-0.2, -0.15) is 0 Å². The second-order valence-corrected chi connectivity index (χ2v) is 8.11. The second kappa shape index (κ2) is 7.25. The van der Waals surface area contributed by atoms with Crippen LogP contribution in [0.1, 0.15) is 12.5 Å². The molecule has 128 valence electrons. The van der Waals surface area contributed by atoms with Crippen LogP contribution in [0.25, 0.3) is 0 Å². The first-order valence-electron chi connectivity index (χ1n) is 7.44. The van der Waals surface area contributed by atoms with Crippen molar-refractivity contribution in [3.05, 3.63) is 35.4 Å². The summed E-state index contributed by atoms with van der Waals surface area (Å²) in [5.41, 5.74) is 0.192. The predicted molar refractivity (Wildman–Crippen MR) is 82.9 cm³/mol. The van der Waals surface area contributed by atoms with Crippen molar-refractivity contribution in [1.29, 1.82) is 0 Å². The fourth-order valence-electron chi connectivity index (χ4n) is 2.62. The second-order valence-electron chi connectivity index (χ2n) is 5.88. The van der Waals surface area contributed by atoms with Gasteiger partial charge in [0.1, 0.15) is 11.6 Å². The van der Waals surface area contributed by atoms with Gasteiger partial charge in [-0.3, -0.25) is 0 Å². The summed E-state index contributed by atoms with van der Waals surface area (Å²) in [7, 11) is -3.12. The van der Waals surface area contributed by atoms with E-state index in [0.29, 0.717) is 6.54 Å². The van der Waals surface area contributed by atoms with E-state index in [-0.39, 0.29) is 48.5 Å². The molecule has 0 spiro atoms. The van der Waals surface area contributed by atoms with Gasteiger partial charge in [0.25, 0.3) is 0 Å². The highest BCUT2D eigenvalue weighted by Crippen LogP contribution is 2.12. The van der Waals surface area contributed by atoms with E-state index in [1.165, 1.54) is 4.90 Å². The van der Waals surface area contributed by atoms with Gasteiger partial charge >= 0.3 is 6.03 Å². The SMILES string of the molecule is C[C@H]1CN(C(=O)NCCc2cc(F)ccc2F)CCS(=O)(=O)C1. The molecule has 1 atom stereocenters. The van der Waals surface area contributed by atoms with E-state index < -0.39 is 21.5 Å². The van der Waals surface area contributed by atoms with Crippen molar-refractivity contribution in [2.24, 2.45) is 5.92 Å². The first-order chi connectivity index (χ1) is 10.8. The molecule has 0 bridgehead atoms. The maximum atomic E-state index is 13.5. The molecule has 1 N–H and O–H groups in total. The molecule has 0 unspecified atom stereocenters. The molecular weight excluding hydrogens is 326 g/mol. The minimum atomic E-state index is -3.12. The lowest BCUT2D eigenvalue weighted by Crippen LogP contribution is -2.43. The van der Waals surface area contributed by atoms with Crippen LogP contribution in [0.3, 0.4) is 0 Å². The van der Waals surface area contributed by atoms with Crippen molar-refractivity contribution in [3.8, 4) is 0 Å². The van der Waals surface area contributed by atoms with Gasteiger partial charge < -0.3 is 10.2 Å². The minimum Gasteiger partial charge on any atom is -0.338 e. The van der Waals surface area contributed by atoms with E-state index in [4.69, 9.17) is 0 Å². The Morgan fingerprint density at radius 2 is 2.13 bits per heavy atom. The predicted octanol–water partition coefficient (Wildman–Crippen LogP) is 1.58. The zero-order chi connectivity index (χ0) is 17.0. The summed E-state index contributed by atoms with van der Waals surface area (Å²) >= 11 is 0. The first kappa shape index (κ1) is 17.7. The number of carbonyl (C=O) groups excluding carboxylic acids is 1. The lowest BCUT2D eigenvalue weighted by Gasteiger charge is -2.22. The van der Waals surface area contributed by atoms with Crippen molar-refractivity contribution in [2.75, 3.05) is 31.1 Å². The van der Waals surface area contributed by atoms with E-state index >= 15 is 0 Å². The van der Waals surface area contributed by atoms with E-state index in [2.05, 4.69) is 5.32 Å². The van der Waals surface area contributed by atoms with Crippen LogP contribution in [0.5, 0.6) is 0 Å². The van der Waals surface area contributed by atoms with Gasteiger partial charge in [0, 0.05) is 19.6 Å². The molecule has 0 aliphatic carbocycles. The average Bonchev–Trinajstić information content (AvgIpc) is 2.59. The quantitative estimate of drug-likeness (QED) is 0.904. The van der Waals surface area contributed by atoms with Crippen LogP contribution in [0.4, 0.5) is 13.6 Å². The molecule has 1 fully saturated rings. The monoisotopic (exact) mass is 346 g/mol. The number of benzene rings is 1. The van der Waals surface area contributed by atoms with Crippen molar-refractivity contribution in [2.45, 2.75) is 13.3 Å². The summed E-state index contributed by atoms with van der Waals surface area (Å²) in [5.74, 6) is -1.16. The Bertz CT molecular complexity index is 679. The van der Waals surface area contributed by atoms with E-state index in [1.54, 1.807) is 6.92 Å². The molecule has 2 amide bonds. The zero-order valence-electron chi connectivity index (χ0n) is 12.9. The summed E-state index contributed by atoms with van der Waals surface area (Å²) < 4.78 is 49.9. The summed E-state index contributed by atoms with van der Waals surface area (Å²) in [6.07, 6.45) is 0.164. The van der Waals surface area contributed by atoms with Gasteiger partial charge in [-0.1, -0.05) is 6.92 Å². The van der Waals surface area contributed by atoms with Gasteiger partial charge in [-0.15, -0.1) is 0 Å². The Morgan fingerprint density at radius 1 is 1.39 bits per heavy atom. The number of sulfone groups is 1. The van der Waals surface area contributed by atoms with E-state index in [0.717, 1.165) is 18.2 Å². The number of carbonyl (C=O) groups is 1. The Kier molecular flexibility index (Phi) is 5.56. The molecule has 23 heavy (non-hydrogen) atoms. The van der Waals surface area contributed by atoms with Crippen molar-refractivity contribution >= 4 is 15.9 Å². The molecule has 5 nitrogen and oxygen atoms in total. The fourth-order valence-corrected chi connectivity index (χ4v) is 4.26. The highest BCUT2D eigenvalue weighted by atomic mass is 32.2.